The van der Waals surface area contributed by atoms with Crippen LogP contribution in [0.15, 0.2) is 18.7 Å². The first-order chi connectivity index (χ1) is 8.33. The summed E-state index contributed by atoms with van der Waals surface area (Å²) in [6.45, 7) is 7.44. The number of aromatic nitrogens is 2. The van der Waals surface area contributed by atoms with E-state index in [1.807, 2.05) is 6.08 Å². The van der Waals surface area contributed by atoms with E-state index < -0.39 is 0 Å². The fourth-order valence-corrected chi connectivity index (χ4v) is 2.33. The second-order valence-electron chi connectivity index (χ2n) is 3.97. The lowest BCUT2D eigenvalue weighted by atomic mass is 10.0. The molecule has 0 radical (unpaired) electrons. The third-order valence-corrected chi connectivity index (χ3v) is 3.23. The minimum Gasteiger partial charge on any atom is -0.475 e. The standard InChI is InChI=1S/C12H17N3OS/c1-3-4-8-16-12-11(14-17-15-12)10-6-5-7-13-9(10)2/h3,6,9,13H,1,4-5,7-8H2,2H3. The third kappa shape index (κ3) is 2.92. The minimum atomic E-state index is 0.314. The van der Waals surface area contributed by atoms with Gasteiger partial charge in [0.05, 0.1) is 18.3 Å². The summed E-state index contributed by atoms with van der Waals surface area (Å²) in [4.78, 5) is 0. The maximum atomic E-state index is 5.62. The first kappa shape index (κ1) is 12.3. The Morgan fingerprint density at radius 2 is 2.53 bits per heavy atom. The Labute approximate surface area is 106 Å². The summed E-state index contributed by atoms with van der Waals surface area (Å²) >= 11 is 1.20. The van der Waals surface area contributed by atoms with Gasteiger partial charge in [-0.15, -0.1) is 11.0 Å². The van der Waals surface area contributed by atoms with E-state index in [4.69, 9.17) is 4.74 Å². The molecule has 92 valence electrons. The van der Waals surface area contributed by atoms with Crippen molar-refractivity contribution in [2.24, 2.45) is 0 Å². The van der Waals surface area contributed by atoms with Crippen molar-refractivity contribution in [3.05, 3.63) is 24.4 Å². The Morgan fingerprint density at radius 1 is 1.65 bits per heavy atom. The number of hydrogen-bond acceptors (Lipinski definition) is 5. The fraction of sp³-hybridized carbons (Fsp3) is 0.500. The molecule has 4 nitrogen and oxygen atoms in total. The predicted octanol–water partition coefficient (Wildman–Crippen LogP) is 2.26. The van der Waals surface area contributed by atoms with Crippen LogP contribution in [0.5, 0.6) is 5.88 Å². The number of ether oxygens (including phenoxy) is 1. The van der Waals surface area contributed by atoms with Gasteiger partial charge in [0.1, 0.15) is 5.69 Å². The molecule has 2 rings (SSSR count). The molecule has 1 N–H and O–H groups in total. The summed E-state index contributed by atoms with van der Waals surface area (Å²) < 4.78 is 14.2. The summed E-state index contributed by atoms with van der Waals surface area (Å²) in [6.07, 6.45) is 5.91. The number of hydrogen-bond donors (Lipinski definition) is 1. The highest BCUT2D eigenvalue weighted by atomic mass is 32.1. The molecule has 0 saturated heterocycles. The van der Waals surface area contributed by atoms with Crippen molar-refractivity contribution in [2.45, 2.75) is 25.8 Å². The van der Waals surface area contributed by atoms with Crippen LogP contribution in [0, 0.1) is 0 Å². The minimum absolute atomic E-state index is 0.314. The molecule has 0 aromatic carbocycles. The quantitative estimate of drug-likeness (QED) is 0.644. The fourth-order valence-electron chi connectivity index (χ4n) is 1.81. The van der Waals surface area contributed by atoms with Crippen LogP contribution >= 0.6 is 11.7 Å². The van der Waals surface area contributed by atoms with Gasteiger partial charge in [0.25, 0.3) is 5.88 Å². The Balaban J connectivity index is 2.12. The zero-order valence-electron chi connectivity index (χ0n) is 9.98. The van der Waals surface area contributed by atoms with E-state index in [1.54, 1.807) is 0 Å². The molecule has 1 atom stereocenters. The maximum Gasteiger partial charge on any atom is 0.253 e. The molecule has 17 heavy (non-hydrogen) atoms. The van der Waals surface area contributed by atoms with Gasteiger partial charge in [-0.25, -0.2) is 0 Å². The lowest BCUT2D eigenvalue weighted by molar-refractivity contribution is 0.314. The number of nitrogens with one attached hydrogen (secondary N) is 1. The van der Waals surface area contributed by atoms with Gasteiger partial charge >= 0.3 is 0 Å². The van der Waals surface area contributed by atoms with Gasteiger partial charge < -0.3 is 10.1 Å². The van der Waals surface area contributed by atoms with E-state index >= 15 is 0 Å². The highest BCUT2D eigenvalue weighted by molar-refractivity contribution is 6.99. The number of nitrogens with zero attached hydrogens (tertiary/aromatic N) is 2. The van der Waals surface area contributed by atoms with Crippen LogP contribution in [0.1, 0.15) is 25.5 Å². The lowest BCUT2D eigenvalue weighted by Crippen LogP contribution is -2.31. The van der Waals surface area contributed by atoms with Gasteiger partial charge in [0.15, 0.2) is 0 Å². The predicted molar refractivity (Wildman–Crippen MR) is 70.3 cm³/mol. The van der Waals surface area contributed by atoms with Crippen molar-refractivity contribution in [2.75, 3.05) is 13.2 Å². The molecular weight excluding hydrogens is 234 g/mol. The van der Waals surface area contributed by atoms with Crippen molar-refractivity contribution in [3.8, 4) is 5.88 Å². The van der Waals surface area contributed by atoms with E-state index in [-0.39, 0.29) is 0 Å². The molecule has 1 aliphatic heterocycles. The molecule has 1 unspecified atom stereocenters. The normalized spacial score (nSPS) is 19.8. The van der Waals surface area contributed by atoms with Crippen molar-refractivity contribution in [3.63, 3.8) is 0 Å². The summed E-state index contributed by atoms with van der Waals surface area (Å²) in [5.41, 5.74) is 2.08. The zero-order chi connectivity index (χ0) is 12.1. The molecule has 0 bridgehead atoms. The highest BCUT2D eigenvalue weighted by Gasteiger charge is 2.21. The summed E-state index contributed by atoms with van der Waals surface area (Å²) in [5, 5.41) is 3.41. The topological polar surface area (TPSA) is 47.0 Å². The van der Waals surface area contributed by atoms with E-state index in [9.17, 15) is 0 Å². The average Bonchev–Trinajstić information content (AvgIpc) is 2.78. The van der Waals surface area contributed by atoms with Gasteiger partial charge in [0.2, 0.25) is 0 Å². The molecule has 1 aromatic rings. The van der Waals surface area contributed by atoms with E-state index in [1.165, 1.54) is 17.3 Å². The smallest absolute Gasteiger partial charge is 0.253 e. The highest BCUT2D eigenvalue weighted by Crippen LogP contribution is 2.28. The molecule has 0 fully saturated rings. The van der Waals surface area contributed by atoms with Gasteiger partial charge in [-0.3, -0.25) is 0 Å². The maximum absolute atomic E-state index is 5.62. The third-order valence-electron chi connectivity index (χ3n) is 2.72. The molecule has 1 aromatic heterocycles. The van der Waals surface area contributed by atoms with Crippen molar-refractivity contribution in [1.29, 1.82) is 0 Å². The molecule has 0 amide bonds. The molecule has 5 heteroatoms. The largest absolute Gasteiger partial charge is 0.475 e. The summed E-state index contributed by atoms with van der Waals surface area (Å²) in [5.74, 6) is 0.652. The van der Waals surface area contributed by atoms with Crippen molar-refractivity contribution < 1.29 is 4.74 Å². The Morgan fingerprint density at radius 3 is 3.29 bits per heavy atom. The monoisotopic (exact) mass is 251 g/mol. The second kappa shape index (κ2) is 5.93. The van der Waals surface area contributed by atoms with Crippen molar-refractivity contribution >= 4 is 17.3 Å². The first-order valence-corrected chi connectivity index (χ1v) is 6.56. The first-order valence-electron chi connectivity index (χ1n) is 5.83. The van der Waals surface area contributed by atoms with Crippen LogP contribution < -0.4 is 10.1 Å². The van der Waals surface area contributed by atoms with Crippen LogP contribution in [0.3, 0.4) is 0 Å². The van der Waals surface area contributed by atoms with E-state index in [0.717, 1.165) is 25.1 Å². The Kier molecular flexibility index (Phi) is 4.28. The Bertz CT molecular complexity index is 414. The van der Waals surface area contributed by atoms with Gasteiger partial charge in [0, 0.05) is 6.04 Å². The second-order valence-corrected chi connectivity index (χ2v) is 4.50. The zero-order valence-corrected chi connectivity index (χ0v) is 10.8. The van der Waals surface area contributed by atoms with Gasteiger partial charge in [-0.05, 0) is 31.9 Å². The van der Waals surface area contributed by atoms with Crippen LogP contribution in [0.2, 0.25) is 0 Å². The summed E-state index contributed by atoms with van der Waals surface area (Å²) in [6, 6.07) is 0.314. The van der Waals surface area contributed by atoms with Crippen LogP contribution in [-0.4, -0.2) is 27.9 Å². The van der Waals surface area contributed by atoms with E-state index in [2.05, 4.69) is 33.6 Å². The SMILES string of the molecule is C=CCCOc1nsnc1C1=CCCNC1C. The van der Waals surface area contributed by atoms with Crippen LogP contribution in [0.25, 0.3) is 5.57 Å². The lowest BCUT2D eigenvalue weighted by Gasteiger charge is -2.21. The Hall–Kier alpha value is -1.20. The van der Waals surface area contributed by atoms with Gasteiger partial charge in [-0.2, -0.15) is 4.37 Å². The molecule has 0 spiro atoms. The molecule has 0 aliphatic carbocycles. The van der Waals surface area contributed by atoms with Crippen molar-refractivity contribution in [1.82, 2.24) is 14.1 Å². The van der Waals surface area contributed by atoms with Crippen LogP contribution in [-0.2, 0) is 0 Å². The molecule has 1 aliphatic rings. The molecular formula is C12H17N3OS. The van der Waals surface area contributed by atoms with E-state index in [0.29, 0.717) is 18.5 Å². The average molecular weight is 251 g/mol. The summed E-state index contributed by atoms with van der Waals surface area (Å²) in [7, 11) is 0. The van der Waals surface area contributed by atoms with Gasteiger partial charge in [-0.1, -0.05) is 12.2 Å². The molecule has 2 heterocycles. The molecule has 0 saturated carbocycles. The van der Waals surface area contributed by atoms with Crippen LogP contribution in [0.4, 0.5) is 0 Å². The number of rotatable bonds is 5.